The van der Waals surface area contributed by atoms with Crippen LogP contribution in [0.4, 0.5) is 0 Å². The third kappa shape index (κ3) is 8.81. The zero-order chi connectivity index (χ0) is 27.5. The normalized spacial score (nSPS) is 16.4. The third-order valence-electron chi connectivity index (χ3n) is 6.30. The highest BCUT2D eigenvalue weighted by molar-refractivity contribution is 5.91. The van der Waals surface area contributed by atoms with Crippen LogP contribution in [0.3, 0.4) is 0 Å². The maximum Gasteiger partial charge on any atom is 0.334 e. The standard InChI is InChI=1S/C30H34O8/c1-20(19-37-29(35)15-10-21-8-11-24(32)12-9-21)4-2-5-22(18-31)6-3-7-23-16-28(38-30(23)36)26-17-25(33)13-14-27(26)34/h4,8-17,22,28,31-34H,2-3,5-7,18-19H2,1H3/b15-10+,20-4+/t22?,28-/m0/s1. The zero-order valence-electron chi connectivity index (χ0n) is 21.4. The van der Waals surface area contributed by atoms with E-state index in [0.29, 0.717) is 24.0 Å². The van der Waals surface area contributed by atoms with Gasteiger partial charge in [-0.15, -0.1) is 0 Å². The van der Waals surface area contributed by atoms with Crippen LogP contribution in [-0.2, 0) is 19.1 Å². The van der Waals surface area contributed by atoms with E-state index in [4.69, 9.17) is 9.47 Å². The van der Waals surface area contributed by atoms with Crippen LogP contribution in [-0.4, -0.2) is 45.6 Å². The van der Waals surface area contributed by atoms with Crippen LogP contribution >= 0.6 is 0 Å². The van der Waals surface area contributed by atoms with E-state index >= 15 is 0 Å². The molecular formula is C30H34O8. The minimum Gasteiger partial charge on any atom is -0.508 e. The molecule has 38 heavy (non-hydrogen) atoms. The lowest BCUT2D eigenvalue weighted by atomic mass is 9.95. The van der Waals surface area contributed by atoms with Gasteiger partial charge in [0.2, 0.25) is 0 Å². The number of rotatable bonds is 13. The Bertz CT molecular complexity index is 1190. The number of aromatic hydroxyl groups is 3. The van der Waals surface area contributed by atoms with Crippen molar-refractivity contribution in [2.75, 3.05) is 13.2 Å². The highest BCUT2D eigenvalue weighted by atomic mass is 16.5. The first-order chi connectivity index (χ1) is 18.2. The van der Waals surface area contributed by atoms with Gasteiger partial charge >= 0.3 is 11.9 Å². The monoisotopic (exact) mass is 522 g/mol. The molecule has 1 aliphatic heterocycles. The fourth-order valence-corrected chi connectivity index (χ4v) is 4.10. The van der Waals surface area contributed by atoms with Crippen LogP contribution < -0.4 is 0 Å². The molecule has 202 valence electrons. The summed E-state index contributed by atoms with van der Waals surface area (Å²) in [5.41, 5.74) is 2.54. The number of carbonyl (C=O) groups excluding carboxylic acids is 2. The van der Waals surface area contributed by atoms with E-state index < -0.39 is 18.0 Å². The molecule has 0 spiro atoms. The number of hydrogen-bond acceptors (Lipinski definition) is 8. The lowest BCUT2D eigenvalue weighted by molar-refractivity contribution is -0.140. The maximum absolute atomic E-state index is 12.2. The molecule has 8 nitrogen and oxygen atoms in total. The number of esters is 2. The summed E-state index contributed by atoms with van der Waals surface area (Å²) < 4.78 is 10.6. The molecule has 3 rings (SSSR count). The molecule has 0 aliphatic carbocycles. The summed E-state index contributed by atoms with van der Waals surface area (Å²) in [6.07, 6.45) is 9.27. The average Bonchev–Trinajstić information content (AvgIpc) is 3.27. The van der Waals surface area contributed by atoms with Gasteiger partial charge in [0, 0.05) is 23.8 Å². The Morgan fingerprint density at radius 2 is 1.82 bits per heavy atom. The van der Waals surface area contributed by atoms with Crippen molar-refractivity contribution in [1.82, 2.24) is 0 Å². The second kappa shape index (κ2) is 14.0. The van der Waals surface area contributed by atoms with Crippen LogP contribution in [0.15, 0.2) is 71.8 Å². The predicted octanol–water partition coefficient (Wildman–Crippen LogP) is 5.09. The summed E-state index contributed by atoms with van der Waals surface area (Å²) in [4.78, 5) is 24.2. The van der Waals surface area contributed by atoms with E-state index in [2.05, 4.69) is 0 Å². The van der Waals surface area contributed by atoms with Crippen LogP contribution in [0.25, 0.3) is 6.08 Å². The largest absolute Gasteiger partial charge is 0.508 e. The van der Waals surface area contributed by atoms with Gasteiger partial charge in [-0.25, -0.2) is 9.59 Å². The molecule has 1 unspecified atom stereocenters. The Morgan fingerprint density at radius 3 is 2.55 bits per heavy atom. The quantitative estimate of drug-likeness (QED) is 0.124. The van der Waals surface area contributed by atoms with E-state index in [1.54, 1.807) is 24.3 Å². The van der Waals surface area contributed by atoms with Crippen LogP contribution in [0.5, 0.6) is 17.2 Å². The van der Waals surface area contributed by atoms with E-state index in [1.165, 1.54) is 36.4 Å². The highest BCUT2D eigenvalue weighted by Gasteiger charge is 2.28. The third-order valence-corrected chi connectivity index (χ3v) is 6.30. The van der Waals surface area contributed by atoms with Gasteiger partial charge in [0.15, 0.2) is 0 Å². The molecule has 2 atom stereocenters. The van der Waals surface area contributed by atoms with Gasteiger partial charge < -0.3 is 29.9 Å². The molecule has 0 aromatic heterocycles. The van der Waals surface area contributed by atoms with E-state index in [9.17, 15) is 30.0 Å². The van der Waals surface area contributed by atoms with Crippen molar-refractivity contribution in [3.05, 3.63) is 83.0 Å². The Hall–Kier alpha value is -4.04. The molecule has 2 aromatic rings. The molecule has 0 bridgehead atoms. The maximum atomic E-state index is 12.2. The summed E-state index contributed by atoms with van der Waals surface area (Å²) in [6.45, 7) is 2.09. The Labute approximate surface area is 222 Å². The van der Waals surface area contributed by atoms with Gasteiger partial charge in [-0.05, 0) is 98.6 Å². The molecule has 0 radical (unpaired) electrons. The van der Waals surface area contributed by atoms with E-state index in [1.807, 2.05) is 13.0 Å². The first-order valence-electron chi connectivity index (χ1n) is 12.6. The fourth-order valence-electron chi connectivity index (χ4n) is 4.10. The summed E-state index contributed by atoms with van der Waals surface area (Å²) in [5, 5.41) is 38.7. The van der Waals surface area contributed by atoms with Gasteiger partial charge in [0.05, 0.1) is 0 Å². The molecule has 0 fully saturated rings. The second-order valence-electron chi connectivity index (χ2n) is 9.36. The summed E-state index contributed by atoms with van der Waals surface area (Å²) in [7, 11) is 0. The van der Waals surface area contributed by atoms with Gasteiger partial charge in [-0.3, -0.25) is 0 Å². The van der Waals surface area contributed by atoms with Crippen LogP contribution in [0, 0.1) is 5.92 Å². The number of aliphatic hydroxyl groups is 1. The molecule has 0 saturated heterocycles. The molecule has 4 N–H and O–H groups in total. The zero-order valence-corrected chi connectivity index (χ0v) is 21.4. The minimum atomic E-state index is -0.733. The SMILES string of the molecule is C/C(=C\CCC(CO)CCCC1=C[C@@H](c2cc(O)ccc2O)OC1=O)COC(=O)/C=C/c1ccc(O)cc1. The highest BCUT2D eigenvalue weighted by Crippen LogP contribution is 2.36. The molecular weight excluding hydrogens is 488 g/mol. The first kappa shape index (κ1) is 28.5. The topological polar surface area (TPSA) is 134 Å². The van der Waals surface area contributed by atoms with Crippen LogP contribution in [0.2, 0.25) is 0 Å². The van der Waals surface area contributed by atoms with Crippen molar-refractivity contribution < 1.29 is 39.5 Å². The summed E-state index contributed by atoms with van der Waals surface area (Å²) in [5.74, 6) is -0.747. The minimum absolute atomic E-state index is 0.0219. The molecule has 0 amide bonds. The van der Waals surface area contributed by atoms with Crippen LogP contribution in [0.1, 0.15) is 56.3 Å². The first-order valence-corrected chi connectivity index (χ1v) is 12.6. The molecule has 1 aliphatic rings. The van der Waals surface area contributed by atoms with Crippen molar-refractivity contribution in [3.8, 4) is 17.2 Å². The molecule has 8 heteroatoms. The van der Waals surface area contributed by atoms with Gasteiger partial charge in [0.25, 0.3) is 0 Å². The van der Waals surface area contributed by atoms with E-state index in [-0.39, 0.29) is 36.4 Å². The number of benzene rings is 2. The van der Waals surface area contributed by atoms with Gasteiger partial charge in [-0.2, -0.15) is 0 Å². The second-order valence-corrected chi connectivity index (χ2v) is 9.36. The van der Waals surface area contributed by atoms with Crippen molar-refractivity contribution in [1.29, 1.82) is 0 Å². The molecule has 1 heterocycles. The number of hydrogen-bond donors (Lipinski definition) is 4. The number of phenols is 3. The number of cyclic esters (lactones) is 1. The summed E-state index contributed by atoms with van der Waals surface area (Å²) in [6, 6.07) is 10.6. The molecule has 2 aromatic carbocycles. The number of allylic oxidation sites excluding steroid dienone is 1. The average molecular weight is 523 g/mol. The van der Waals surface area contributed by atoms with Crippen molar-refractivity contribution >= 4 is 18.0 Å². The summed E-state index contributed by atoms with van der Waals surface area (Å²) >= 11 is 0. The van der Waals surface area contributed by atoms with E-state index in [0.717, 1.165) is 30.4 Å². The van der Waals surface area contributed by atoms with Crippen molar-refractivity contribution in [3.63, 3.8) is 0 Å². The Balaban J connectivity index is 1.38. The molecule has 0 saturated carbocycles. The number of aliphatic hydroxyl groups excluding tert-OH is 1. The van der Waals surface area contributed by atoms with Gasteiger partial charge in [0.1, 0.15) is 30.0 Å². The Morgan fingerprint density at radius 1 is 1.08 bits per heavy atom. The van der Waals surface area contributed by atoms with Gasteiger partial charge in [-0.1, -0.05) is 18.2 Å². The lowest BCUT2D eigenvalue weighted by Gasteiger charge is -2.13. The smallest absolute Gasteiger partial charge is 0.334 e. The lowest BCUT2D eigenvalue weighted by Crippen LogP contribution is -2.07. The Kier molecular flexibility index (Phi) is 10.5. The fraction of sp³-hybridized carbons (Fsp3) is 0.333. The van der Waals surface area contributed by atoms with Crippen molar-refractivity contribution in [2.45, 2.75) is 45.1 Å². The number of phenolic OH excluding ortho intramolecular Hbond substituents is 3. The van der Waals surface area contributed by atoms with Crippen molar-refractivity contribution in [2.24, 2.45) is 5.92 Å². The predicted molar refractivity (Wildman–Crippen MR) is 142 cm³/mol. The number of ether oxygens (including phenoxy) is 2. The number of carbonyl (C=O) groups is 2.